The lowest BCUT2D eigenvalue weighted by Gasteiger charge is -1.96. The number of hydrogen-bond acceptors (Lipinski definition) is 2. The number of aromatic nitrogens is 3. The van der Waals surface area contributed by atoms with Crippen molar-refractivity contribution in [2.45, 2.75) is 19.8 Å². The Bertz CT molecular complexity index is 422. The van der Waals surface area contributed by atoms with E-state index in [4.69, 9.17) is 0 Å². The van der Waals surface area contributed by atoms with Crippen LogP contribution in [0.2, 0.25) is 0 Å². The first-order chi connectivity index (χ1) is 6.33. The van der Waals surface area contributed by atoms with Gasteiger partial charge in [-0.2, -0.15) is 0 Å². The Morgan fingerprint density at radius 2 is 2.38 bits per heavy atom. The molecule has 0 N–H and O–H groups in total. The number of halogens is 1. The monoisotopic (exact) mass is 239 g/mol. The molecule has 2 heterocycles. The largest absolute Gasteiger partial charge is 0.300 e. The molecule has 0 fully saturated rings. The van der Waals surface area contributed by atoms with E-state index in [2.05, 4.69) is 37.2 Å². The van der Waals surface area contributed by atoms with Crippen molar-refractivity contribution in [2.24, 2.45) is 0 Å². The van der Waals surface area contributed by atoms with Crippen LogP contribution in [0.25, 0.3) is 5.52 Å². The quantitative estimate of drug-likeness (QED) is 0.806. The van der Waals surface area contributed by atoms with Crippen LogP contribution in [0.5, 0.6) is 0 Å². The van der Waals surface area contributed by atoms with Gasteiger partial charge in [-0.1, -0.05) is 6.92 Å². The molecule has 0 bridgehead atoms. The van der Waals surface area contributed by atoms with Crippen molar-refractivity contribution in [3.63, 3.8) is 0 Å². The summed E-state index contributed by atoms with van der Waals surface area (Å²) in [7, 11) is 0. The molecular formula is C9H10BrN3. The van der Waals surface area contributed by atoms with Gasteiger partial charge >= 0.3 is 0 Å². The lowest BCUT2D eigenvalue weighted by molar-refractivity contribution is 0.827. The van der Waals surface area contributed by atoms with Gasteiger partial charge in [0, 0.05) is 18.8 Å². The maximum atomic E-state index is 4.42. The Balaban J connectivity index is 2.63. The topological polar surface area (TPSA) is 30.2 Å². The molecule has 4 heteroatoms. The zero-order chi connectivity index (χ0) is 9.26. The molecule has 2 rings (SSSR count). The van der Waals surface area contributed by atoms with Crippen molar-refractivity contribution in [1.82, 2.24) is 14.4 Å². The van der Waals surface area contributed by atoms with Crippen LogP contribution in [-0.2, 0) is 6.42 Å². The molecule has 13 heavy (non-hydrogen) atoms. The molecule has 0 unspecified atom stereocenters. The predicted octanol–water partition coefficient (Wildman–Crippen LogP) is 2.44. The average molecular weight is 240 g/mol. The third-order valence-electron chi connectivity index (χ3n) is 1.95. The van der Waals surface area contributed by atoms with Crippen LogP contribution < -0.4 is 0 Å². The van der Waals surface area contributed by atoms with Gasteiger partial charge in [-0.05, 0) is 22.4 Å². The molecule has 0 aliphatic heterocycles. The van der Waals surface area contributed by atoms with Crippen molar-refractivity contribution < 1.29 is 0 Å². The Kier molecular flexibility index (Phi) is 2.31. The number of hydrogen-bond donors (Lipinski definition) is 0. The second-order valence-corrected chi connectivity index (χ2v) is 3.65. The predicted molar refractivity (Wildman–Crippen MR) is 54.7 cm³/mol. The molecule has 0 saturated heterocycles. The summed E-state index contributed by atoms with van der Waals surface area (Å²) in [5.74, 6) is 1.09. The first-order valence-electron chi connectivity index (χ1n) is 4.29. The third-order valence-corrected chi connectivity index (χ3v) is 2.53. The maximum Gasteiger partial charge on any atom is 0.133 e. The smallest absolute Gasteiger partial charge is 0.133 e. The minimum absolute atomic E-state index is 0.879. The summed E-state index contributed by atoms with van der Waals surface area (Å²) in [4.78, 5) is 8.48. The Morgan fingerprint density at radius 3 is 3.15 bits per heavy atom. The van der Waals surface area contributed by atoms with Crippen molar-refractivity contribution in [1.29, 1.82) is 0 Å². The Hall–Kier alpha value is -0.900. The van der Waals surface area contributed by atoms with E-state index in [1.165, 1.54) is 0 Å². The first kappa shape index (κ1) is 8.69. The summed E-state index contributed by atoms with van der Waals surface area (Å²) in [5.41, 5.74) is 1.03. The van der Waals surface area contributed by atoms with Gasteiger partial charge in [-0.25, -0.2) is 4.98 Å². The number of imidazole rings is 1. The summed E-state index contributed by atoms with van der Waals surface area (Å²) in [6, 6.07) is 0. The highest BCUT2D eigenvalue weighted by molar-refractivity contribution is 9.10. The molecule has 0 aliphatic carbocycles. The van der Waals surface area contributed by atoms with Gasteiger partial charge in [-0.15, -0.1) is 0 Å². The van der Waals surface area contributed by atoms with Gasteiger partial charge in [0.05, 0.1) is 11.7 Å². The molecular weight excluding hydrogens is 230 g/mol. The fraction of sp³-hybridized carbons (Fsp3) is 0.333. The van der Waals surface area contributed by atoms with Crippen molar-refractivity contribution in [3.8, 4) is 0 Å². The van der Waals surface area contributed by atoms with Crippen LogP contribution >= 0.6 is 15.9 Å². The molecule has 0 amide bonds. The van der Waals surface area contributed by atoms with Gasteiger partial charge in [-0.3, -0.25) is 9.38 Å². The molecule has 0 aromatic carbocycles. The van der Waals surface area contributed by atoms with Crippen LogP contribution in [0.15, 0.2) is 23.2 Å². The average Bonchev–Trinajstić information content (AvgIpc) is 2.46. The van der Waals surface area contributed by atoms with E-state index < -0.39 is 0 Å². The number of rotatable bonds is 2. The molecule has 2 aromatic rings. The zero-order valence-electron chi connectivity index (χ0n) is 7.37. The number of fused-ring (bicyclic) bond motifs is 1. The molecule has 0 radical (unpaired) electrons. The number of aryl methyl sites for hydroxylation is 1. The summed E-state index contributed by atoms with van der Waals surface area (Å²) < 4.78 is 2.95. The zero-order valence-corrected chi connectivity index (χ0v) is 8.95. The Morgan fingerprint density at radius 1 is 1.54 bits per heavy atom. The SMILES string of the molecule is CCCc1nc(Br)c2cnccn12. The highest BCUT2D eigenvalue weighted by Crippen LogP contribution is 2.18. The first-order valence-corrected chi connectivity index (χ1v) is 5.08. The highest BCUT2D eigenvalue weighted by Gasteiger charge is 2.06. The molecule has 0 saturated carbocycles. The molecule has 0 spiro atoms. The molecule has 3 nitrogen and oxygen atoms in total. The van der Waals surface area contributed by atoms with E-state index in [-0.39, 0.29) is 0 Å². The highest BCUT2D eigenvalue weighted by atomic mass is 79.9. The van der Waals surface area contributed by atoms with E-state index in [1.807, 2.05) is 12.4 Å². The van der Waals surface area contributed by atoms with Crippen LogP contribution in [0.4, 0.5) is 0 Å². The molecule has 0 atom stereocenters. The summed E-state index contributed by atoms with van der Waals surface area (Å²) in [6.45, 7) is 2.15. The van der Waals surface area contributed by atoms with Crippen LogP contribution in [0, 0.1) is 0 Å². The second-order valence-electron chi connectivity index (χ2n) is 2.90. The van der Waals surface area contributed by atoms with Gasteiger partial charge < -0.3 is 0 Å². The van der Waals surface area contributed by atoms with E-state index >= 15 is 0 Å². The van der Waals surface area contributed by atoms with Gasteiger partial charge in [0.15, 0.2) is 0 Å². The van der Waals surface area contributed by atoms with E-state index in [9.17, 15) is 0 Å². The summed E-state index contributed by atoms with van der Waals surface area (Å²) >= 11 is 3.42. The normalized spacial score (nSPS) is 10.9. The molecule has 68 valence electrons. The second kappa shape index (κ2) is 3.46. The number of nitrogens with zero attached hydrogens (tertiary/aromatic N) is 3. The third kappa shape index (κ3) is 1.46. The molecule has 2 aromatic heterocycles. The van der Waals surface area contributed by atoms with E-state index in [0.717, 1.165) is 28.8 Å². The van der Waals surface area contributed by atoms with Gasteiger partial charge in [0.2, 0.25) is 0 Å². The summed E-state index contributed by atoms with van der Waals surface area (Å²) in [6.07, 6.45) is 7.64. The minimum atomic E-state index is 0.879. The van der Waals surface area contributed by atoms with Crippen molar-refractivity contribution >= 4 is 21.4 Å². The standard InChI is InChI=1S/C9H10BrN3/c1-2-3-8-12-9(10)7-6-11-4-5-13(7)8/h4-6H,2-3H2,1H3. The maximum absolute atomic E-state index is 4.42. The minimum Gasteiger partial charge on any atom is -0.300 e. The Labute approximate surface area is 85.0 Å². The van der Waals surface area contributed by atoms with E-state index in [1.54, 1.807) is 6.20 Å². The lowest BCUT2D eigenvalue weighted by Crippen LogP contribution is -1.93. The lowest BCUT2D eigenvalue weighted by atomic mass is 10.3. The molecule has 0 aliphatic rings. The van der Waals surface area contributed by atoms with Crippen LogP contribution in [-0.4, -0.2) is 14.4 Å². The van der Waals surface area contributed by atoms with Crippen molar-refractivity contribution in [2.75, 3.05) is 0 Å². The van der Waals surface area contributed by atoms with Crippen LogP contribution in [0.1, 0.15) is 19.2 Å². The summed E-state index contributed by atoms with van der Waals surface area (Å²) in [5, 5.41) is 0. The fourth-order valence-corrected chi connectivity index (χ4v) is 1.86. The van der Waals surface area contributed by atoms with Gasteiger partial charge in [0.25, 0.3) is 0 Å². The van der Waals surface area contributed by atoms with Gasteiger partial charge in [0.1, 0.15) is 10.4 Å². The van der Waals surface area contributed by atoms with E-state index in [0.29, 0.717) is 0 Å². The van der Waals surface area contributed by atoms with Crippen molar-refractivity contribution in [3.05, 3.63) is 29.0 Å². The fourth-order valence-electron chi connectivity index (χ4n) is 1.36. The van der Waals surface area contributed by atoms with Crippen LogP contribution in [0.3, 0.4) is 0 Å².